The van der Waals surface area contributed by atoms with Crippen molar-refractivity contribution in [1.82, 2.24) is 20.3 Å². The van der Waals surface area contributed by atoms with Crippen LogP contribution in [0.5, 0.6) is 0 Å². The number of benzene rings is 2. The van der Waals surface area contributed by atoms with Crippen molar-refractivity contribution in [1.29, 1.82) is 5.26 Å². The fourth-order valence-corrected chi connectivity index (χ4v) is 3.87. The van der Waals surface area contributed by atoms with Gasteiger partial charge in [-0.2, -0.15) is 5.26 Å². The lowest BCUT2D eigenvalue weighted by Crippen LogP contribution is -2.28. The Balaban J connectivity index is 1.45. The van der Waals surface area contributed by atoms with E-state index in [2.05, 4.69) is 30.9 Å². The number of anilines is 3. The van der Waals surface area contributed by atoms with E-state index in [-0.39, 0.29) is 29.3 Å². The molecule has 2 aromatic carbocycles. The van der Waals surface area contributed by atoms with E-state index in [9.17, 15) is 19.6 Å². The van der Waals surface area contributed by atoms with Gasteiger partial charge in [0, 0.05) is 24.8 Å². The molecule has 12 heteroatoms. The van der Waals surface area contributed by atoms with Gasteiger partial charge >= 0.3 is 0 Å². The van der Waals surface area contributed by atoms with Gasteiger partial charge in [0.1, 0.15) is 17.7 Å². The molecule has 41 heavy (non-hydrogen) atoms. The summed E-state index contributed by atoms with van der Waals surface area (Å²) in [6.07, 6.45) is 1.97. The molecule has 2 heterocycles. The molecule has 7 N–H and O–H groups in total. The number of nitrogens with one attached hydrogen (secondary N) is 3. The van der Waals surface area contributed by atoms with E-state index in [0.29, 0.717) is 23.9 Å². The van der Waals surface area contributed by atoms with Crippen molar-refractivity contribution < 1.29 is 19.4 Å². The number of carbonyl (C=O) groups is 1. The molecule has 210 valence electrons. The molecule has 0 aliphatic heterocycles. The third-order valence-corrected chi connectivity index (χ3v) is 6.21. The molecule has 1 amide bonds. The Morgan fingerprint density at radius 2 is 1.80 bits per heavy atom. The highest BCUT2D eigenvalue weighted by molar-refractivity contribution is 5.99. The van der Waals surface area contributed by atoms with Crippen LogP contribution < -0.4 is 21.7 Å². The van der Waals surface area contributed by atoms with Crippen LogP contribution in [0.2, 0.25) is 0 Å². The molecule has 0 bridgehead atoms. The second kappa shape index (κ2) is 13.3. The van der Waals surface area contributed by atoms with Crippen molar-refractivity contribution in [2.24, 2.45) is 0 Å². The summed E-state index contributed by atoms with van der Waals surface area (Å²) in [5, 5.41) is 36.8. The molecule has 4 aromatic rings. The number of carbonyl (C=O) groups excluding carboxylic acids is 1. The van der Waals surface area contributed by atoms with Gasteiger partial charge in [-0.3, -0.25) is 4.79 Å². The maximum absolute atomic E-state index is 13.3. The zero-order chi connectivity index (χ0) is 29.4. The number of aliphatic hydroxyl groups excluding tert-OH is 2. The Labute approximate surface area is 235 Å². The second-order valence-corrected chi connectivity index (χ2v) is 9.24. The first kappa shape index (κ1) is 28.9. The molecule has 4 rings (SSSR count). The number of nitrogen functional groups attached to an aromatic ring is 1. The van der Waals surface area contributed by atoms with Crippen molar-refractivity contribution in [3.05, 3.63) is 95.1 Å². The molecule has 0 saturated heterocycles. The average Bonchev–Trinajstić information content (AvgIpc) is 2.99. The van der Waals surface area contributed by atoms with Crippen molar-refractivity contribution in [2.45, 2.75) is 25.6 Å². The predicted molar refractivity (Wildman–Crippen MR) is 152 cm³/mol. The van der Waals surface area contributed by atoms with Crippen LogP contribution in [0.4, 0.5) is 21.8 Å². The van der Waals surface area contributed by atoms with E-state index in [1.54, 1.807) is 19.1 Å². The first-order valence-electron chi connectivity index (χ1n) is 12.7. The van der Waals surface area contributed by atoms with Crippen LogP contribution >= 0.6 is 0 Å². The number of nitrogens with zero attached hydrogens (tertiary/aromatic N) is 4. The first-order chi connectivity index (χ1) is 19.8. The number of hydrogen-bond donors (Lipinski definition) is 6. The Hall–Kier alpha value is -5.12. The number of aromatic nitrogens is 3. The minimum atomic E-state index is -0.956. The fourth-order valence-electron chi connectivity index (χ4n) is 3.87. The summed E-state index contributed by atoms with van der Waals surface area (Å²) < 4.78 is 13.3. The largest absolute Gasteiger partial charge is 0.394 e. The lowest BCUT2D eigenvalue weighted by molar-refractivity contribution is 0.0940. The lowest BCUT2D eigenvalue weighted by Gasteiger charge is -2.16. The zero-order valence-electron chi connectivity index (χ0n) is 22.2. The highest BCUT2D eigenvalue weighted by atomic mass is 19.1. The summed E-state index contributed by atoms with van der Waals surface area (Å²) in [5.41, 5.74) is 9.27. The maximum atomic E-state index is 13.3. The van der Waals surface area contributed by atoms with Crippen molar-refractivity contribution in [2.75, 3.05) is 29.5 Å². The molecule has 0 spiro atoms. The van der Waals surface area contributed by atoms with E-state index in [0.717, 1.165) is 16.7 Å². The third kappa shape index (κ3) is 7.51. The molecule has 0 saturated carbocycles. The number of aliphatic hydroxyl groups is 2. The monoisotopic (exact) mass is 556 g/mol. The summed E-state index contributed by atoms with van der Waals surface area (Å²) in [6, 6.07) is 16.4. The van der Waals surface area contributed by atoms with Crippen LogP contribution in [0.15, 0.2) is 67.0 Å². The van der Waals surface area contributed by atoms with E-state index in [1.807, 2.05) is 30.3 Å². The van der Waals surface area contributed by atoms with Crippen LogP contribution in [-0.2, 0) is 6.54 Å². The average molecular weight is 557 g/mol. The zero-order valence-corrected chi connectivity index (χ0v) is 22.2. The Morgan fingerprint density at radius 3 is 2.49 bits per heavy atom. The van der Waals surface area contributed by atoms with Gasteiger partial charge in [-0.25, -0.2) is 19.3 Å². The molecule has 2 aromatic heterocycles. The number of pyridine rings is 1. The van der Waals surface area contributed by atoms with E-state index < -0.39 is 24.7 Å². The second-order valence-electron chi connectivity index (χ2n) is 9.24. The van der Waals surface area contributed by atoms with Crippen molar-refractivity contribution >= 4 is 23.4 Å². The highest BCUT2D eigenvalue weighted by Crippen LogP contribution is 2.23. The van der Waals surface area contributed by atoms with Crippen LogP contribution in [0.3, 0.4) is 0 Å². The van der Waals surface area contributed by atoms with Crippen LogP contribution in [0.1, 0.15) is 40.0 Å². The lowest BCUT2D eigenvalue weighted by atomic mass is 10.1. The number of hydrogen-bond acceptors (Lipinski definition) is 10. The molecular formula is C29H29FN8O3. The Kier molecular flexibility index (Phi) is 9.36. The molecule has 2 atom stereocenters. The van der Waals surface area contributed by atoms with Gasteiger partial charge < -0.3 is 31.9 Å². The number of halogens is 1. The van der Waals surface area contributed by atoms with Crippen LogP contribution in [-0.4, -0.2) is 50.3 Å². The highest BCUT2D eigenvalue weighted by Gasteiger charge is 2.17. The first-order valence-corrected chi connectivity index (χ1v) is 12.7. The van der Waals surface area contributed by atoms with Gasteiger partial charge in [0.15, 0.2) is 11.6 Å². The van der Waals surface area contributed by atoms with Gasteiger partial charge in [-0.1, -0.05) is 36.4 Å². The summed E-state index contributed by atoms with van der Waals surface area (Å²) in [5.74, 6) is -0.0197. The number of amides is 1. The quantitative estimate of drug-likeness (QED) is 0.161. The van der Waals surface area contributed by atoms with Crippen LogP contribution in [0, 0.1) is 17.1 Å². The van der Waals surface area contributed by atoms with Gasteiger partial charge in [0.05, 0.1) is 41.8 Å². The molecule has 0 aliphatic rings. The van der Waals surface area contributed by atoms with Gasteiger partial charge in [0.25, 0.3) is 5.91 Å². The third-order valence-electron chi connectivity index (χ3n) is 6.21. The fraction of sp³-hybridized carbons (Fsp3) is 0.207. The van der Waals surface area contributed by atoms with Gasteiger partial charge in [-0.15, -0.1) is 0 Å². The Morgan fingerprint density at radius 1 is 1.07 bits per heavy atom. The maximum Gasteiger partial charge on any atom is 0.255 e. The predicted octanol–water partition coefficient (Wildman–Crippen LogP) is 3.00. The molecule has 0 radical (unpaired) electrons. The standard InChI is InChI=1S/C29H29FN8O3/c1-17(20-6-8-22(30)9-7-20)37-29(41)24-10-19(11-31)13-35-27(24)34-12-18-2-4-21(5-3-18)25-15-33-26(32)28(38-25)36-14-23(40)16-39/h2-10,13,15,17,23,39-40H,12,14,16H2,1H3,(H2,32,33)(H,34,35)(H,36,38)(H,37,41)/t17-,23?/m0/s1. The van der Waals surface area contributed by atoms with Crippen molar-refractivity contribution in [3.63, 3.8) is 0 Å². The summed E-state index contributed by atoms with van der Waals surface area (Å²) >= 11 is 0. The minimum Gasteiger partial charge on any atom is -0.394 e. The summed E-state index contributed by atoms with van der Waals surface area (Å²) in [6.45, 7) is 1.79. The number of nitriles is 1. The molecule has 0 fully saturated rings. The molecule has 0 aliphatic carbocycles. The summed E-state index contributed by atoms with van der Waals surface area (Å²) in [4.78, 5) is 26.0. The SMILES string of the molecule is C[C@H](NC(=O)c1cc(C#N)cnc1NCc1ccc(-c2cnc(N)c(NCC(O)CO)n2)cc1)c1ccc(F)cc1. The van der Waals surface area contributed by atoms with Gasteiger partial charge in [-0.05, 0) is 36.2 Å². The topological polar surface area (TPSA) is 182 Å². The molecule has 1 unspecified atom stereocenters. The normalized spacial score (nSPS) is 12.2. The van der Waals surface area contributed by atoms with E-state index in [1.165, 1.54) is 30.6 Å². The number of nitrogens with two attached hydrogens (primary N) is 1. The minimum absolute atomic E-state index is 0.0674. The molecular weight excluding hydrogens is 527 g/mol. The Bertz CT molecular complexity index is 1540. The smallest absolute Gasteiger partial charge is 0.255 e. The van der Waals surface area contributed by atoms with Gasteiger partial charge in [0.2, 0.25) is 0 Å². The van der Waals surface area contributed by atoms with Crippen molar-refractivity contribution in [3.8, 4) is 17.3 Å². The van der Waals surface area contributed by atoms with E-state index in [4.69, 9.17) is 10.8 Å². The number of rotatable bonds is 11. The van der Waals surface area contributed by atoms with Crippen LogP contribution in [0.25, 0.3) is 11.3 Å². The van der Waals surface area contributed by atoms with E-state index >= 15 is 0 Å². The summed E-state index contributed by atoms with van der Waals surface area (Å²) in [7, 11) is 0. The molecule has 11 nitrogen and oxygen atoms in total.